The predicted molar refractivity (Wildman–Crippen MR) is 86.2 cm³/mol. The number of ketones is 1. The van der Waals surface area contributed by atoms with Gasteiger partial charge in [0, 0.05) is 41.6 Å². The van der Waals surface area contributed by atoms with E-state index in [9.17, 15) is 10.1 Å². The second-order valence-electron chi connectivity index (χ2n) is 5.19. The summed E-state index contributed by atoms with van der Waals surface area (Å²) in [5.41, 5.74) is 3.14. The molecule has 0 saturated carbocycles. The number of aromatic nitrogens is 2. The lowest BCUT2D eigenvalue weighted by Crippen LogP contribution is -2.05. The molecular formula is C18H15N3O. The van der Waals surface area contributed by atoms with E-state index in [1.54, 1.807) is 13.1 Å². The van der Waals surface area contributed by atoms with Crippen LogP contribution in [0.1, 0.15) is 23.0 Å². The van der Waals surface area contributed by atoms with Crippen LogP contribution in [0.4, 0.5) is 0 Å². The third kappa shape index (κ3) is 2.13. The van der Waals surface area contributed by atoms with E-state index in [1.807, 2.05) is 54.2 Å². The Labute approximate surface area is 128 Å². The van der Waals surface area contributed by atoms with Crippen molar-refractivity contribution in [1.82, 2.24) is 9.55 Å². The molecule has 108 valence electrons. The molecule has 0 fully saturated rings. The highest BCUT2D eigenvalue weighted by molar-refractivity contribution is 6.20. The van der Waals surface area contributed by atoms with Crippen LogP contribution in [-0.4, -0.2) is 15.3 Å². The first-order valence-corrected chi connectivity index (χ1v) is 6.97. The lowest BCUT2D eigenvalue weighted by molar-refractivity contribution is 0.104. The number of H-pyrrole nitrogens is 1. The molecule has 0 atom stereocenters. The number of carbonyl (C=O) groups excluding carboxylic acids is 1. The standard InChI is InChI=1S/C18H15N3O/c1-12(17-8-5-9-21(17)2)14(10-19)18(22)15-11-20-16-7-4-3-6-13(15)16/h3-9,11,20H,1-2H3/b14-12+. The summed E-state index contributed by atoms with van der Waals surface area (Å²) in [5, 5.41) is 10.3. The minimum Gasteiger partial charge on any atom is -0.360 e. The highest BCUT2D eigenvalue weighted by Crippen LogP contribution is 2.25. The fraction of sp³-hybridized carbons (Fsp3) is 0.111. The Bertz CT molecular complexity index is 935. The zero-order valence-electron chi connectivity index (χ0n) is 12.4. The zero-order valence-corrected chi connectivity index (χ0v) is 12.4. The van der Waals surface area contributed by atoms with E-state index >= 15 is 0 Å². The van der Waals surface area contributed by atoms with Crippen LogP contribution in [-0.2, 0) is 7.05 Å². The lowest BCUT2D eigenvalue weighted by Gasteiger charge is -2.06. The number of Topliss-reactive ketones (excluding diaryl/α,β-unsaturated/α-hetero) is 1. The van der Waals surface area contributed by atoms with E-state index in [0.717, 1.165) is 16.6 Å². The summed E-state index contributed by atoms with van der Waals surface area (Å²) in [5.74, 6) is -0.251. The fourth-order valence-corrected chi connectivity index (χ4v) is 2.68. The molecule has 4 nitrogen and oxygen atoms in total. The largest absolute Gasteiger partial charge is 0.360 e. The number of hydrogen-bond acceptors (Lipinski definition) is 2. The third-order valence-electron chi connectivity index (χ3n) is 3.88. The molecule has 0 unspecified atom stereocenters. The maximum absolute atomic E-state index is 12.8. The number of carbonyl (C=O) groups is 1. The minimum atomic E-state index is -0.251. The van der Waals surface area contributed by atoms with Crippen LogP contribution in [0.5, 0.6) is 0 Å². The van der Waals surface area contributed by atoms with Crippen molar-refractivity contribution >= 4 is 22.3 Å². The molecule has 4 heteroatoms. The van der Waals surface area contributed by atoms with Gasteiger partial charge in [-0.3, -0.25) is 4.79 Å². The summed E-state index contributed by atoms with van der Waals surface area (Å²) in [6.45, 7) is 1.81. The van der Waals surface area contributed by atoms with Crippen molar-refractivity contribution in [1.29, 1.82) is 5.26 Å². The first kappa shape index (κ1) is 13.9. The fourth-order valence-electron chi connectivity index (χ4n) is 2.68. The van der Waals surface area contributed by atoms with Gasteiger partial charge < -0.3 is 9.55 Å². The number of hydrogen-bond donors (Lipinski definition) is 1. The summed E-state index contributed by atoms with van der Waals surface area (Å²) in [7, 11) is 1.89. The number of allylic oxidation sites excluding steroid dienone is 2. The molecule has 0 spiro atoms. The molecule has 0 aliphatic heterocycles. The number of benzene rings is 1. The van der Waals surface area contributed by atoms with Gasteiger partial charge in [0.15, 0.2) is 0 Å². The van der Waals surface area contributed by atoms with Crippen LogP contribution in [0.15, 0.2) is 54.4 Å². The van der Waals surface area contributed by atoms with Gasteiger partial charge in [-0.05, 0) is 30.7 Å². The van der Waals surface area contributed by atoms with Crippen molar-refractivity contribution in [3.05, 3.63) is 65.6 Å². The topological polar surface area (TPSA) is 61.6 Å². The van der Waals surface area contributed by atoms with E-state index in [1.165, 1.54) is 0 Å². The SMILES string of the molecule is C/C(=C(/C#N)C(=O)c1c[nH]c2ccccc12)c1cccn1C. The van der Waals surface area contributed by atoms with Crippen molar-refractivity contribution in [2.24, 2.45) is 7.05 Å². The number of para-hydroxylation sites is 1. The van der Waals surface area contributed by atoms with Gasteiger partial charge in [0.1, 0.15) is 11.6 Å². The molecule has 2 heterocycles. The third-order valence-corrected chi connectivity index (χ3v) is 3.88. The number of nitrogens with zero attached hydrogens (tertiary/aromatic N) is 2. The van der Waals surface area contributed by atoms with Gasteiger partial charge in [-0.2, -0.15) is 5.26 Å². The van der Waals surface area contributed by atoms with Gasteiger partial charge >= 0.3 is 0 Å². The van der Waals surface area contributed by atoms with Crippen LogP contribution >= 0.6 is 0 Å². The van der Waals surface area contributed by atoms with Crippen LogP contribution in [0.2, 0.25) is 0 Å². The van der Waals surface area contributed by atoms with Crippen molar-refractivity contribution in [2.45, 2.75) is 6.92 Å². The molecule has 0 amide bonds. The average Bonchev–Trinajstić information content (AvgIpc) is 3.13. The lowest BCUT2D eigenvalue weighted by atomic mass is 9.98. The Morgan fingerprint density at radius 1 is 1.23 bits per heavy atom. The van der Waals surface area contributed by atoms with Gasteiger partial charge in [-0.15, -0.1) is 0 Å². The van der Waals surface area contributed by atoms with Crippen molar-refractivity contribution in [3.8, 4) is 6.07 Å². The second-order valence-corrected chi connectivity index (χ2v) is 5.19. The maximum atomic E-state index is 12.8. The summed E-state index contributed by atoms with van der Waals surface area (Å²) in [4.78, 5) is 15.9. The van der Waals surface area contributed by atoms with Crippen LogP contribution < -0.4 is 0 Å². The molecule has 0 bridgehead atoms. The number of rotatable bonds is 3. The molecule has 3 aromatic rings. The quantitative estimate of drug-likeness (QED) is 0.454. The molecule has 22 heavy (non-hydrogen) atoms. The second kappa shape index (κ2) is 5.38. The number of fused-ring (bicyclic) bond motifs is 1. The van der Waals surface area contributed by atoms with Crippen molar-refractivity contribution < 1.29 is 4.79 Å². The van der Waals surface area contributed by atoms with Crippen LogP contribution in [0.25, 0.3) is 16.5 Å². The van der Waals surface area contributed by atoms with E-state index in [4.69, 9.17) is 0 Å². The van der Waals surface area contributed by atoms with Gasteiger partial charge in [-0.25, -0.2) is 0 Å². The van der Waals surface area contributed by atoms with E-state index < -0.39 is 0 Å². The van der Waals surface area contributed by atoms with E-state index in [-0.39, 0.29) is 11.4 Å². The Hall–Kier alpha value is -3.06. The summed E-state index contributed by atoms with van der Waals surface area (Å²) in [6.07, 6.45) is 3.56. The smallest absolute Gasteiger partial charge is 0.206 e. The Morgan fingerprint density at radius 2 is 2.00 bits per heavy atom. The summed E-state index contributed by atoms with van der Waals surface area (Å²) in [6, 6.07) is 13.4. The van der Waals surface area contributed by atoms with E-state index in [0.29, 0.717) is 11.1 Å². The van der Waals surface area contributed by atoms with Crippen molar-refractivity contribution in [3.63, 3.8) is 0 Å². The summed E-state index contributed by atoms with van der Waals surface area (Å²) >= 11 is 0. The van der Waals surface area contributed by atoms with Gasteiger partial charge in [0.25, 0.3) is 0 Å². The average molecular weight is 289 g/mol. The molecule has 3 rings (SSSR count). The number of nitrogens with one attached hydrogen (secondary N) is 1. The first-order chi connectivity index (χ1) is 10.6. The van der Waals surface area contributed by atoms with Crippen LogP contribution in [0, 0.1) is 11.3 Å². The summed E-state index contributed by atoms with van der Waals surface area (Å²) < 4.78 is 1.90. The highest BCUT2D eigenvalue weighted by atomic mass is 16.1. The van der Waals surface area contributed by atoms with Crippen LogP contribution in [0.3, 0.4) is 0 Å². The van der Waals surface area contributed by atoms with Gasteiger partial charge in [-0.1, -0.05) is 18.2 Å². The Morgan fingerprint density at radius 3 is 2.68 bits per heavy atom. The number of aryl methyl sites for hydroxylation is 1. The molecule has 0 aliphatic rings. The molecule has 0 saturated heterocycles. The number of nitriles is 1. The molecule has 0 aliphatic carbocycles. The number of aromatic amines is 1. The van der Waals surface area contributed by atoms with Gasteiger partial charge in [0.05, 0.1) is 0 Å². The molecule has 2 aromatic heterocycles. The highest BCUT2D eigenvalue weighted by Gasteiger charge is 2.20. The minimum absolute atomic E-state index is 0.173. The Kier molecular flexibility index (Phi) is 3.40. The molecule has 0 radical (unpaired) electrons. The maximum Gasteiger partial charge on any atom is 0.206 e. The normalized spacial score (nSPS) is 12.0. The van der Waals surface area contributed by atoms with Gasteiger partial charge in [0.2, 0.25) is 5.78 Å². The molecule has 1 N–H and O–H groups in total. The Balaban J connectivity index is 2.14. The molecular weight excluding hydrogens is 274 g/mol. The molecule has 1 aromatic carbocycles. The zero-order chi connectivity index (χ0) is 15.7. The van der Waals surface area contributed by atoms with Crippen molar-refractivity contribution in [2.75, 3.05) is 0 Å². The first-order valence-electron chi connectivity index (χ1n) is 6.97. The predicted octanol–water partition coefficient (Wildman–Crippen LogP) is 3.69. The van der Waals surface area contributed by atoms with E-state index in [2.05, 4.69) is 11.1 Å². The monoisotopic (exact) mass is 289 g/mol.